The quantitative estimate of drug-likeness (QED) is 0.490. The molecule has 3 rings (SSSR count). The van der Waals surface area contributed by atoms with Crippen LogP contribution in [0.5, 0.6) is 5.75 Å². The Labute approximate surface area is 163 Å². The van der Waals surface area contributed by atoms with Crippen LogP contribution >= 0.6 is 0 Å². The first-order chi connectivity index (χ1) is 13.7. The second-order valence-corrected chi connectivity index (χ2v) is 6.02. The number of carbonyl (C=O) groups is 2. The molecular formula is C23H21NO4. The lowest BCUT2D eigenvalue weighted by Crippen LogP contribution is -2.20. The molecule has 0 unspecified atom stereocenters. The van der Waals surface area contributed by atoms with Gasteiger partial charge in [-0.05, 0) is 42.1 Å². The molecule has 0 aromatic heterocycles. The smallest absolute Gasteiger partial charge is 0.331 e. The Morgan fingerprint density at radius 2 is 1.71 bits per heavy atom. The molecule has 3 aromatic rings. The number of hydrogen-bond donors (Lipinski definition) is 1. The maximum Gasteiger partial charge on any atom is 0.331 e. The van der Waals surface area contributed by atoms with E-state index in [1.165, 1.54) is 6.08 Å². The summed E-state index contributed by atoms with van der Waals surface area (Å²) >= 11 is 0. The molecule has 0 heterocycles. The molecule has 5 heteroatoms. The molecule has 5 nitrogen and oxygen atoms in total. The Kier molecular flexibility index (Phi) is 6.41. The fourth-order valence-electron chi connectivity index (χ4n) is 2.71. The monoisotopic (exact) mass is 375 g/mol. The maximum absolute atomic E-state index is 12.1. The van der Waals surface area contributed by atoms with Crippen LogP contribution in [0.3, 0.4) is 0 Å². The van der Waals surface area contributed by atoms with Crippen LogP contribution in [0.4, 0.5) is 5.69 Å². The van der Waals surface area contributed by atoms with Gasteiger partial charge in [0.1, 0.15) is 5.75 Å². The van der Waals surface area contributed by atoms with Gasteiger partial charge in [0, 0.05) is 17.1 Å². The van der Waals surface area contributed by atoms with Gasteiger partial charge in [-0.1, -0.05) is 48.5 Å². The molecule has 0 atom stereocenters. The largest absolute Gasteiger partial charge is 0.494 e. The first kappa shape index (κ1) is 19.2. The van der Waals surface area contributed by atoms with Crippen LogP contribution in [0.1, 0.15) is 12.5 Å². The molecule has 0 saturated heterocycles. The minimum Gasteiger partial charge on any atom is -0.494 e. The zero-order chi connectivity index (χ0) is 19.8. The number of fused-ring (bicyclic) bond motifs is 1. The summed E-state index contributed by atoms with van der Waals surface area (Å²) < 4.78 is 10.4. The molecule has 0 fully saturated rings. The minimum atomic E-state index is -0.582. The van der Waals surface area contributed by atoms with Crippen molar-refractivity contribution < 1.29 is 19.1 Å². The highest BCUT2D eigenvalue weighted by Crippen LogP contribution is 2.22. The predicted molar refractivity (Wildman–Crippen MR) is 110 cm³/mol. The van der Waals surface area contributed by atoms with Crippen LogP contribution in [0.2, 0.25) is 0 Å². The van der Waals surface area contributed by atoms with E-state index in [0.717, 1.165) is 22.1 Å². The zero-order valence-electron chi connectivity index (χ0n) is 15.6. The van der Waals surface area contributed by atoms with Crippen LogP contribution in [0.15, 0.2) is 72.8 Å². The topological polar surface area (TPSA) is 64.6 Å². The average Bonchev–Trinajstić information content (AvgIpc) is 2.72. The van der Waals surface area contributed by atoms with Gasteiger partial charge in [0.05, 0.1) is 6.61 Å². The van der Waals surface area contributed by atoms with E-state index >= 15 is 0 Å². The molecule has 1 amide bonds. The lowest BCUT2D eigenvalue weighted by molar-refractivity contribution is -0.142. The highest BCUT2D eigenvalue weighted by molar-refractivity contribution is 6.03. The summed E-state index contributed by atoms with van der Waals surface area (Å²) in [7, 11) is 0. The van der Waals surface area contributed by atoms with Crippen molar-refractivity contribution in [1.82, 2.24) is 0 Å². The van der Waals surface area contributed by atoms with E-state index in [9.17, 15) is 9.59 Å². The van der Waals surface area contributed by atoms with Crippen molar-refractivity contribution in [3.63, 3.8) is 0 Å². The Morgan fingerprint density at radius 1 is 0.964 bits per heavy atom. The number of hydrogen-bond acceptors (Lipinski definition) is 4. The highest BCUT2D eigenvalue weighted by atomic mass is 16.5. The third-order valence-electron chi connectivity index (χ3n) is 4.01. The minimum absolute atomic E-state index is 0.352. The molecule has 0 bridgehead atoms. The van der Waals surface area contributed by atoms with Crippen LogP contribution in [-0.4, -0.2) is 25.1 Å². The van der Waals surface area contributed by atoms with E-state index in [1.54, 1.807) is 6.08 Å². The van der Waals surface area contributed by atoms with Crippen LogP contribution in [0, 0.1) is 0 Å². The van der Waals surface area contributed by atoms with Crippen LogP contribution in [0.25, 0.3) is 16.8 Å². The molecular weight excluding hydrogens is 354 g/mol. The average molecular weight is 375 g/mol. The Balaban J connectivity index is 1.51. The van der Waals surface area contributed by atoms with Gasteiger partial charge >= 0.3 is 5.97 Å². The van der Waals surface area contributed by atoms with Gasteiger partial charge in [-0.2, -0.15) is 0 Å². The summed E-state index contributed by atoms with van der Waals surface area (Å²) in [5.41, 5.74) is 1.52. The van der Waals surface area contributed by atoms with Crippen molar-refractivity contribution in [3.8, 4) is 5.75 Å². The lowest BCUT2D eigenvalue weighted by atomic mass is 10.1. The SMILES string of the molecule is CCOc1ccc(/C=C/C(=O)OCC(=O)Nc2cccc3ccccc23)cc1. The number of benzene rings is 3. The van der Waals surface area contributed by atoms with Crippen LogP contribution < -0.4 is 10.1 Å². The number of rotatable bonds is 7. The molecule has 0 aliphatic carbocycles. The lowest BCUT2D eigenvalue weighted by Gasteiger charge is -2.08. The first-order valence-corrected chi connectivity index (χ1v) is 9.01. The van der Waals surface area contributed by atoms with Crippen molar-refractivity contribution in [2.24, 2.45) is 0 Å². The number of esters is 1. The molecule has 0 spiro atoms. The predicted octanol–water partition coefficient (Wildman–Crippen LogP) is 4.43. The van der Waals surface area contributed by atoms with Crippen molar-refractivity contribution in [1.29, 1.82) is 0 Å². The van der Waals surface area contributed by atoms with E-state index in [0.29, 0.717) is 12.3 Å². The van der Waals surface area contributed by atoms with E-state index in [2.05, 4.69) is 5.32 Å². The second-order valence-electron chi connectivity index (χ2n) is 6.02. The third kappa shape index (κ3) is 5.20. The Hall–Kier alpha value is -3.60. The fraction of sp³-hybridized carbons (Fsp3) is 0.130. The summed E-state index contributed by atoms with van der Waals surface area (Å²) in [5.74, 6) is -0.201. The summed E-state index contributed by atoms with van der Waals surface area (Å²) in [6, 6.07) is 20.7. The normalized spacial score (nSPS) is 10.8. The third-order valence-corrected chi connectivity index (χ3v) is 4.01. The van der Waals surface area contributed by atoms with Gasteiger partial charge in [0.15, 0.2) is 6.61 Å². The molecule has 1 N–H and O–H groups in total. The van der Waals surface area contributed by atoms with Crippen molar-refractivity contribution in [2.45, 2.75) is 6.92 Å². The van der Waals surface area contributed by atoms with E-state index < -0.39 is 5.97 Å². The summed E-state index contributed by atoms with van der Waals surface area (Å²) in [4.78, 5) is 23.9. The molecule has 3 aromatic carbocycles. The Morgan fingerprint density at radius 3 is 2.50 bits per heavy atom. The van der Waals surface area contributed by atoms with Gasteiger partial charge in [-0.15, -0.1) is 0 Å². The van der Waals surface area contributed by atoms with Gasteiger partial charge in [0.2, 0.25) is 0 Å². The molecule has 142 valence electrons. The molecule has 0 aliphatic heterocycles. The number of amides is 1. The molecule has 28 heavy (non-hydrogen) atoms. The highest BCUT2D eigenvalue weighted by Gasteiger charge is 2.08. The van der Waals surface area contributed by atoms with Gasteiger partial charge in [-0.3, -0.25) is 4.79 Å². The number of nitrogens with one attached hydrogen (secondary N) is 1. The van der Waals surface area contributed by atoms with Gasteiger partial charge < -0.3 is 14.8 Å². The van der Waals surface area contributed by atoms with Crippen LogP contribution in [-0.2, 0) is 14.3 Å². The zero-order valence-corrected chi connectivity index (χ0v) is 15.6. The maximum atomic E-state index is 12.1. The van der Waals surface area contributed by atoms with E-state index in [1.807, 2.05) is 73.7 Å². The Bertz CT molecular complexity index is 988. The standard InChI is InChI=1S/C23H21NO4/c1-2-27-19-13-10-17(11-14-19)12-15-23(26)28-16-22(25)24-21-9-5-7-18-6-3-4-8-20(18)21/h3-15H,2,16H2,1H3,(H,24,25)/b15-12+. The van der Waals surface area contributed by atoms with Gasteiger partial charge in [-0.25, -0.2) is 4.79 Å². The summed E-state index contributed by atoms with van der Waals surface area (Å²) in [5, 5.41) is 4.73. The van der Waals surface area contributed by atoms with Crippen molar-refractivity contribution in [3.05, 3.63) is 78.4 Å². The number of anilines is 1. The summed E-state index contributed by atoms with van der Waals surface area (Å²) in [6.45, 7) is 2.16. The first-order valence-electron chi connectivity index (χ1n) is 9.01. The fourth-order valence-corrected chi connectivity index (χ4v) is 2.71. The summed E-state index contributed by atoms with van der Waals surface area (Å²) in [6.07, 6.45) is 2.92. The number of ether oxygens (including phenoxy) is 2. The molecule has 0 saturated carbocycles. The molecule has 0 radical (unpaired) electrons. The van der Waals surface area contributed by atoms with Gasteiger partial charge in [0.25, 0.3) is 5.91 Å². The second kappa shape index (κ2) is 9.37. The van der Waals surface area contributed by atoms with Crippen molar-refractivity contribution in [2.75, 3.05) is 18.5 Å². The van der Waals surface area contributed by atoms with E-state index in [-0.39, 0.29) is 12.5 Å². The number of carbonyl (C=O) groups excluding carboxylic acids is 2. The molecule has 0 aliphatic rings. The van der Waals surface area contributed by atoms with Crippen molar-refractivity contribution >= 4 is 34.4 Å². The van der Waals surface area contributed by atoms with E-state index in [4.69, 9.17) is 9.47 Å².